The van der Waals surface area contributed by atoms with Crippen molar-refractivity contribution in [2.24, 2.45) is 0 Å². The first-order valence-electron chi connectivity index (χ1n) is 6.01. The second kappa shape index (κ2) is 3.74. The van der Waals surface area contributed by atoms with Gasteiger partial charge in [-0.3, -0.25) is 14.4 Å². The van der Waals surface area contributed by atoms with E-state index in [0.29, 0.717) is 32.5 Å². The third-order valence-electron chi connectivity index (χ3n) is 3.48. The van der Waals surface area contributed by atoms with Gasteiger partial charge in [0.15, 0.2) is 11.6 Å². The molecular weight excluding hydrogens is 274 g/mol. The topological polar surface area (TPSA) is 67.0 Å². The average molecular weight is 281 g/mol. The molecule has 0 saturated heterocycles. The van der Waals surface area contributed by atoms with Crippen LogP contribution in [-0.4, -0.2) is 16.6 Å². The van der Waals surface area contributed by atoms with E-state index in [4.69, 9.17) is 0 Å². The van der Waals surface area contributed by atoms with Gasteiger partial charge >= 0.3 is 4.87 Å². The molecule has 2 aromatic carbocycles. The Bertz CT molecular complexity index is 965. The van der Waals surface area contributed by atoms with Gasteiger partial charge in [0.2, 0.25) is 0 Å². The summed E-state index contributed by atoms with van der Waals surface area (Å²) in [6, 6.07) is 10.0. The summed E-state index contributed by atoms with van der Waals surface area (Å²) in [6.45, 7) is 0. The van der Waals surface area contributed by atoms with Crippen LogP contribution < -0.4 is 4.87 Å². The second-order valence-electron chi connectivity index (χ2n) is 4.58. The van der Waals surface area contributed by atoms with E-state index in [0.717, 1.165) is 11.3 Å². The number of benzene rings is 2. The van der Waals surface area contributed by atoms with Crippen LogP contribution in [-0.2, 0) is 0 Å². The molecule has 0 radical (unpaired) electrons. The van der Waals surface area contributed by atoms with Crippen molar-refractivity contribution in [3.63, 3.8) is 0 Å². The van der Waals surface area contributed by atoms with Crippen LogP contribution in [0.4, 0.5) is 0 Å². The van der Waals surface area contributed by atoms with E-state index in [-0.39, 0.29) is 16.4 Å². The Balaban J connectivity index is 2.16. The SMILES string of the molecule is O=C1c2ccccc2C(=O)c2c1ccc1[nH]c(=O)sc21. The summed E-state index contributed by atoms with van der Waals surface area (Å²) in [4.78, 5) is 39.0. The maximum Gasteiger partial charge on any atom is 0.305 e. The third-order valence-corrected chi connectivity index (χ3v) is 4.39. The highest BCUT2D eigenvalue weighted by Crippen LogP contribution is 2.32. The molecule has 5 heteroatoms. The molecule has 0 amide bonds. The molecule has 1 N–H and O–H groups in total. The largest absolute Gasteiger partial charge is 0.312 e. The van der Waals surface area contributed by atoms with E-state index in [1.807, 2.05) is 0 Å². The molecule has 4 rings (SSSR count). The van der Waals surface area contributed by atoms with Gasteiger partial charge in [-0.05, 0) is 12.1 Å². The molecule has 4 nitrogen and oxygen atoms in total. The van der Waals surface area contributed by atoms with Crippen molar-refractivity contribution in [2.45, 2.75) is 0 Å². The van der Waals surface area contributed by atoms with Crippen LogP contribution in [0.1, 0.15) is 31.8 Å². The molecule has 1 heterocycles. The molecule has 1 aliphatic rings. The van der Waals surface area contributed by atoms with Crippen LogP contribution in [0.2, 0.25) is 0 Å². The van der Waals surface area contributed by atoms with Crippen LogP contribution in [0.25, 0.3) is 10.2 Å². The number of hydrogen-bond donors (Lipinski definition) is 1. The normalized spacial score (nSPS) is 13.4. The molecule has 0 fully saturated rings. The smallest absolute Gasteiger partial charge is 0.305 e. The summed E-state index contributed by atoms with van der Waals surface area (Å²) in [5, 5.41) is 0. The first-order valence-corrected chi connectivity index (χ1v) is 6.83. The molecule has 96 valence electrons. The van der Waals surface area contributed by atoms with Crippen molar-refractivity contribution >= 4 is 33.1 Å². The number of carbonyl (C=O) groups excluding carboxylic acids is 2. The summed E-state index contributed by atoms with van der Waals surface area (Å²) >= 11 is 0.963. The van der Waals surface area contributed by atoms with Gasteiger partial charge < -0.3 is 4.98 Å². The number of carbonyl (C=O) groups is 2. The van der Waals surface area contributed by atoms with E-state index in [1.54, 1.807) is 36.4 Å². The van der Waals surface area contributed by atoms with Gasteiger partial charge in [-0.15, -0.1) is 0 Å². The zero-order chi connectivity index (χ0) is 13.9. The number of ketones is 2. The summed E-state index contributed by atoms with van der Waals surface area (Å²) in [7, 11) is 0. The Morgan fingerprint density at radius 1 is 0.800 bits per heavy atom. The van der Waals surface area contributed by atoms with Crippen molar-refractivity contribution in [1.29, 1.82) is 0 Å². The molecule has 1 aliphatic carbocycles. The molecule has 1 aromatic heterocycles. The Hall–Kier alpha value is -2.53. The van der Waals surface area contributed by atoms with Gasteiger partial charge in [0.1, 0.15) is 0 Å². The van der Waals surface area contributed by atoms with Gasteiger partial charge in [-0.1, -0.05) is 35.6 Å². The number of H-pyrrole nitrogens is 1. The van der Waals surface area contributed by atoms with Crippen LogP contribution in [0, 0.1) is 0 Å². The predicted molar refractivity (Wildman–Crippen MR) is 75.8 cm³/mol. The van der Waals surface area contributed by atoms with Gasteiger partial charge in [-0.2, -0.15) is 0 Å². The number of thiazole rings is 1. The molecular formula is C15H7NO3S. The molecule has 3 aromatic rings. The maximum absolute atomic E-state index is 12.6. The monoisotopic (exact) mass is 281 g/mol. The maximum atomic E-state index is 12.6. The lowest BCUT2D eigenvalue weighted by Crippen LogP contribution is -2.20. The highest BCUT2D eigenvalue weighted by molar-refractivity contribution is 7.16. The molecule has 0 atom stereocenters. The Morgan fingerprint density at radius 2 is 1.50 bits per heavy atom. The lowest BCUT2D eigenvalue weighted by Gasteiger charge is -2.17. The highest BCUT2D eigenvalue weighted by Gasteiger charge is 2.31. The fourth-order valence-corrected chi connectivity index (χ4v) is 3.47. The fraction of sp³-hybridized carbons (Fsp3) is 0. The summed E-state index contributed by atoms with van der Waals surface area (Å²) in [5.74, 6) is -0.367. The van der Waals surface area contributed by atoms with Crippen LogP contribution >= 0.6 is 11.3 Å². The number of aromatic amines is 1. The summed E-state index contributed by atoms with van der Waals surface area (Å²) in [6.07, 6.45) is 0. The first kappa shape index (κ1) is 11.3. The minimum Gasteiger partial charge on any atom is -0.312 e. The minimum atomic E-state index is -0.229. The van der Waals surface area contributed by atoms with E-state index in [9.17, 15) is 14.4 Å². The fourth-order valence-electron chi connectivity index (χ4n) is 2.59. The zero-order valence-corrected chi connectivity index (χ0v) is 10.9. The van der Waals surface area contributed by atoms with E-state index in [1.165, 1.54) is 0 Å². The zero-order valence-electron chi connectivity index (χ0n) is 10.1. The van der Waals surface area contributed by atoms with E-state index < -0.39 is 0 Å². The van der Waals surface area contributed by atoms with Crippen molar-refractivity contribution in [2.75, 3.05) is 0 Å². The summed E-state index contributed by atoms with van der Waals surface area (Å²) in [5.41, 5.74) is 2.14. The van der Waals surface area contributed by atoms with Crippen molar-refractivity contribution < 1.29 is 9.59 Å². The second-order valence-corrected chi connectivity index (χ2v) is 5.57. The van der Waals surface area contributed by atoms with E-state index >= 15 is 0 Å². The number of nitrogens with one attached hydrogen (secondary N) is 1. The van der Waals surface area contributed by atoms with Crippen LogP contribution in [0.3, 0.4) is 0 Å². The molecule has 0 saturated carbocycles. The quantitative estimate of drug-likeness (QED) is 0.538. The lowest BCUT2D eigenvalue weighted by atomic mass is 9.84. The van der Waals surface area contributed by atoms with Gasteiger partial charge in [0, 0.05) is 16.7 Å². The Labute approximate surface area is 116 Å². The van der Waals surface area contributed by atoms with Crippen LogP contribution in [0.5, 0.6) is 0 Å². The minimum absolute atomic E-state index is 0.169. The highest BCUT2D eigenvalue weighted by atomic mass is 32.1. The molecule has 20 heavy (non-hydrogen) atoms. The van der Waals surface area contributed by atoms with Crippen LogP contribution in [0.15, 0.2) is 41.2 Å². The average Bonchev–Trinajstić information content (AvgIpc) is 2.84. The predicted octanol–water partition coefficient (Wildman–Crippen LogP) is 2.37. The van der Waals surface area contributed by atoms with Crippen molar-refractivity contribution in [3.05, 3.63) is 68.3 Å². The standard InChI is InChI=1S/C15H7NO3S/c17-12-7-3-1-2-4-8(7)13(18)11-9(12)5-6-10-14(11)20-15(19)16-10/h1-6H,(H,16,19). The number of rotatable bonds is 0. The first-order chi connectivity index (χ1) is 9.66. The van der Waals surface area contributed by atoms with Crippen molar-refractivity contribution in [3.8, 4) is 0 Å². The van der Waals surface area contributed by atoms with Gasteiger partial charge in [-0.25, -0.2) is 0 Å². The Kier molecular flexibility index (Phi) is 2.11. The molecule has 0 unspecified atom stereocenters. The molecule has 0 aliphatic heterocycles. The lowest BCUT2D eigenvalue weighted by molar-refractivity contribution is 0.0980. The molecule has 0 bridgehead atoms. The Morgan fingerprint density at radius 3 is 2.25 bits per heavy atom. The third kappa shape index (κ3) is 1.32. The van der Waals surface area contributed by atoms with Gasteiger partial charge in [0.05, 0.1) is 15.8 Å². The molecule has 0 spiro atoms. The number of hydrogen-bond acceptors (Lipinski definition) is 4. The summed E-state index contributed by atoms with van der Waals surface area (Å²) < 4.78 is 0.556. The van der Waals surface area contributed by atoms with E-state index in [2.05, 4.69) is 4.98 Å². The number of aromatic nitrogens is 1. The number of fused-ring (bicyclic) bond motifs is 4. The van der Waals surface area contributed by atoms with Crippen molar-refractivity contribution in [1.82, 2.24) is 4.98 Å². The van der Waals surface area contributed by atoms with Gasteiger partial charge in [0.25, 0.3) is 0 Å².